The zero-order valence-electron chi connectivity index (χ0n) is 20.8. The van der Waals surface area contributed by atoms with Crippen LogP contribution in [0.15, 0.2) is 29.3 Å². The van der Waals surface area contributed by atoms with Crippen molar-refractivity contribution in [3.05, 3.63) is 29.8 Å². The minimum Gasteiger partial charge on any atom is -0.369 e. The van der Waals surface area contributed by atoms with Gasteiger partial charge in [-0.05, 0) is 68.2 Å². The molecule has 1 unspecified atom stereocenters. The Morgan fingerprint density at radius 1 is 1.14 bits per heavy atom. The number of carbonyl (C=O) groups is 2. The fraction of sp³-hybridized carbons (Fsp3) is 0.630. The maximum Gasteiger partial charge on any atom is 0.319 e. The van der Waals surface area contributed by atoms with Gasteiger partial charge >= 0.3 is 6.03 Å². The maximum atomic E-state index is 13.3. The number of aliphatic imine (C=N–C) groups is 1. The van der Waals surface area contributed by atoms with Crippen LogP contribution in [0.5, 0.6) is 0 Å². The normalized spacial score (nSPS) is 27.3. The lowest BCUT2D eigenvalue weighted by molar-refractivity contribution is -0.131. The Morgan fingerprint density at radius 2 is 1.86 bits per heavy atom. The summed E-state index contributed by atoms with van der Waals surface area (Å²) in [5.41, 5.74) is 6.57. The van der Waals surface area contributed by atoms with E-state index in [-0.39, 0.29) is 18.0 Å². The molecule has 35 heavy (non-hydrogen) atoms. The Balaban J connectivity index is 1.36. The molecule has 1 aromatic carbocycles. The SMILES string of the molecule is CN1C(=O)[C@@](CCC2CCCCC2)(C[C@H]2CCCC(NC(=O)Nc3ccc(C#N)cc3)C2)N=C1N. The topological polar surface area (TPSA) is 124 Å². The Morgan fingerprint density at radius 3 is 2.51 bits per heavy atom. The number of hydrogen-bond donors (Lipinski definition) is 3. The summed E-state index contributed by atoms with van der Waals surface area (Å²) < 4.78 is 0. The quantitative estimate of drug-likeness (QED) is 0.533. The summed E-state index contributed by atoms with van der Waals surface area (Å²) in [5.74, 6) is 1.34. The van der Waals surface area contributed by atoms with Crippen molar-refractivity contribution in [3.8, 4) is 6.07 Å². The Bertz CT molecular complexity index is 978. The first-order valence-electron chi connectivity index (χ1n) is 13.1. The van der Waals surface area contributed by atoms with Crippen LogP contribution in [0.4, 0.5) is 10.5 Å². The van der Waals surface area contributed by atoms with Gasteiger partial charge in [0.05, 0.1) is 11.6 Å². The number of hydrogen-bond acceptors (Lipinski definition) is 5. The molecule has 0 saturated heterocycles. The number of nitriles is 1. The van der Waals surface area contributed by atoms with Gasteiger partial charge in [-0.3, -0.25) is 9.69 Å². The summed E-state index contributed by atoms with van der Waals surface area (Å²) in [7, 11) is 1.72. The van der Waals surface area contributed by atoms with E-state index in [2.05, 4.69) is 16.7 Å². The number of rotatable bonds is 7. The van der Waals surface area contributed by atoms with E-state index in [4.69, 9.17) is 16.0 Å². The van der Waals surface area contributed by atoms with Gasteiger partial charge in [-0.25, -0.2) is 9.79 Å². The van der Waals surface area contributed by atoms with Crippen LogP contribution in [0.25, 0.3) is 0 Å². The molecule has 3 aliphatic rings. The second kappa shape index (κ2) is 11.1. The zero-order valence-corrected chi connectivity index (χ0v) is 20.8. The smallest absolute Gasteiger partial charge is 0.319 e. The number of nitrogens with zero attached hydrogens (tertiary/aromatic N) is 3. The molecule has 4 rings (SSSR count). The van der Waals surface area contributed by atoms with Gasteiger partial charge in [-0.15, -0.1) is 0 Å². The number of anilines is 1. The second-order valence-electron chi connectivity index (χ2n) is 10.6. The highest BCUT2D eigenvalue weighted by molar-refractivity contribution is 6.06. The van der Waals surface area contributed by atoms with E-state index < -0.39 is 5.54 Å². The van der Waals surface area contributed by atoms with Crippen LogP contribution in [0.1, 0.15) is 82.6 Å². The van der Waals surface area contributed by atoms with Gasteiger partial charge in [0.15, 0.2) is 5.96 Å². The van der Waals surface area contributed by atoms with Gasteiger partial charge in [0.25, 0.3) is 5.91 Å². The lowest BCUT2D eigenvalue weighted by atomic mass is 9.74. The van der Waals surface area contributed by atoms with Crippen LogP contribution in [-0.2, 0) is 4.79 Å². The van der Waals surface area contributed by atoms with Gasteiger partial charge in [-0.1, -0.05) is 44.9 Å². The molecule has 0 bridgehead atoms. The van der Waals surface area contributed by atoms with Gasteiger partial charge in [0.2, 0.25) is 0 Å². The molecule has 1 aliphatic heterocycles. The van der Waals surface area contributed by atoms with E-state index >= 15 is 0 Å². The summed E-state index contributed by atoms with van der Waals surface area (Å²) in [4.78, 5) is 32.2. The minimum atomic E-state index is -0.756. The Labute approximate surface area is 208 Å². The van der Waals surface area contributed by atoms with Crippen LogP contribution in [-0.4, -0.2) is 41.4 Å². The average Bonchev–Trinajstić information content (AvgIpc) is 3.07. The van der Waals surface area contributed by atoms with Crippen molar-refractivity contribution < 1.29 is 9.59 Å². The molecule has 0 aromatic heterocycles. The number of likely N-dealkylation sites (N-methyl/N-ethyl adjacent to an activating group) is 1. The molecule has 4 N–H and O–H groups in total. The summed E-state index contributed by atoms with van der Waals surface area (Å²) in [6.07, 6.45) is 12.7. The van der Waals surface area contributed by atoms with E-state index in [1.54, 1.807) is 31.3 Å². The van der Waals surface area contributed by atoms with E-state index in [0.29, 0.717) is 35.5 Å². The molecular weight excluding hydrogens is 440 g/mol. The van der Waals surface area contributed by atoms with Crippen molar-refractivity contribution in [3.63, 3.8) is 0 Å². The molecular formula is C27H38N6O2. The fourth-order valence-electron chi connectivity index (χ4n) is 6.14. The maximum absolute atomic E-state index is 13.3. The molecule has 2 saturated carbocycles. The summed E-state index contributed by atoms with van der Waals surface area (Å²) in [6.45, 7) is 0. The van der Waals surface area contributed by atoms with Gasteiger partial charge in [0.1, 0.15) is 5.54 Å². The average molecular weight is 479 g/mol. The Hall–Kier alpha value is -3.08. The van der Waals surface area contributed by atoms with Gasteiger partial charge in [-0.2, -0.15) is 5.26 Å². The highest BCUT2D eigenvalue weighted by Crippen LogP contribution is 2.40. The van der Waals surface area contributed by atoms with Crippen molar-refractivity contribution in [2.75, 3.05) is 12.4 Å². The van der Waals surface area contributed by atoms with Crippen molar-refractivity contribution in [1.29, 1.82) is 5.26 Å². The summed E-state index contributed by atoms with van der Waals surface area (Å²) in [5, 5.41) is 14.9. The molecule has 1 aromatic rings. The number of urea groups is 1. The lowest BCUT2D eigenvalue weighted by Crippen LogP contribution is -2.45. The molecule has 3 amide bonds. The van der Waals surface area contributed by atoms with Crippen molar-refractivity contribution in [2.45, 2.75) is 88.6 Å². The zero-order chi connectivity index (χ0) is 24.8. The third kappa shape index (κ3) is 6.14. The van der Waals surface area contributed by atoms with E-state index in [9.17, 15) is 9.59 Å². The van der Waals surface area contributed by atoms with Gasteiger partial charge < -0.3 is 16.4 Å². The molecule has 0 spiro atoms. The van der Waals surface area contributed by atoms with Crippen molar-refractivity contribution in [1.82, 2.24) is 10.2 Å². The second-order valence-corrected chi connectivity index (χ2v) is 10.6. The number of nitrogens with one attached hydrogen (secondary N) is 2. The highest BCUT2D eigenvalue weighted by atomic mass is 16.2. The number of amides is 3. The molecule has 8 nitrogen and oxygen atoms in total. The van der Waals surface area contributed by atoms with Crippen molar-refractivity contribution in [2.24, 2.45) is 22.6 Å². The molecule has 0 radical (unpaired) electrons. The number of benzene rings is 1. The van der Waals surface area contributed by atoms with Crippen LogP contribution >= 0.6 is 0 Å². The minimum absolute atomic E-state index is 0.0273. The van der Waals surface area contributed by atoms with E-state index in [1.807, 2.05) is 0 Å². The lowest BCUT2D eigenvalue weighted by Gasteiger charge is -2.35. The monoisotopic (exact) mass is 478 g/mol. The molecule has 2 aliphatic carbocycles. The number of nitrogens with two attached hydrogens (primary N) is 1. The van der Waals surface area contributed by atoms with E-state index in [0.717, 1.165) is 38.5 Å². The molecule has 8 heteroatoms. The Kier molecular flexibility index (Phi) is 7.94. The molecule has 1 heterocycles. The number of carbonyl (C=O) groups excluding carboxylic acids is 2. The summed E-state index contributed by atoms with van der Waals surface area (Å²) in [6, 6.07) is 8.70. The van der Waals surface area contributed by atoms with E-state index in [1.165, 1.54) is 37.0 Å². The first-order valence-corrected chi connectivity index (χ1v) is 13.1. The number of guanidine groups is 1. The largest absolute Gasteiger partial charge is 0.369 e. The van der Waals surface area contributed by atoms with Crippen LogP contribution in [0.2, 0.25) is 0 Å². The standard InChI is InChI=1S/C27H38N6O2/c1-33-24(34)27(32-25(33)29,15-14-19-6-3-2-4-7-19)17-21-8-5-9-23(16-21)31-26(35)30-22-12-10-20(18-28)11-13-22/h10-13,19,21,23H,2-9,14-17H2,1H3,(H2,29,32)(H2,30,31,35)/t21-,23?,27+/m0/s1. The highest BCUT2D eigenvalue weighted by Gasteiger charge is 2.48. The van der Waals surface area contributed by atoms with Crippen LogP contribution in [0, 0.1) is 23.2 Å². The molecule has 188 valence electrons. The van der Waals surface area contributed by atoms with Crippen molar-refractivity contribution >= 4 is 23.6 Å². The third-order valence-electron chi connectivity index (χ3n) is 8.08. The molecule has 2 fully saturated rings. The fourth-order valence-corrected chi connectivity index (χ4v) is 6.14. The predicted molar refractivity (Wildman–Crippen MR) is 137 cm³/mol. The van der Waals surface area contributed by atoms with Gasteiger partial charge in [0, 0.05) is 18.8 Å². The predicted octanol–water partition coefficient (Wildman–Crippen LogP) is 4.51. The first kappa shape index (κ1) is 25.0. The summed E-state index contributed by atoms with van der Waals surface area (Å²) >= 11 is 0. The van der Waals surface area contributed by atoms with Crippen LogP contribution in [0.3, 0.4) is 0 Å². The molecule has 3 atom stereocenters. The first-order chi connectivity index (χ1) is 16.9. The third-order valence-corrected chi connectivity index (χ3v) is 8.08. The van der Waals surface area contributed by atoms with Crippen LogP contribution < -0.4 is 16.4 Å².